The molecule has 2 N–H and O–H groups in total. The van der Waals surface area contributed by atoms with Gasteiger partial charge in [-0.15, -0.1) is 0 Å². The summed E-state index contributed by atoms with van der Waals surface area (Å²) in [5.74, 6) is -0.329. The molecule has 3 nitrogen and oxygen atoms in total. The van der Waals surface area contributed by atoms with Crippen LogP contribution in [0.15, 0.2) is 0 Å². The maximum absolute atomic E-state index is 11.8. The Balaban J connectivity index is 2.10. The van der Waals surface area contributed by atoms with Crippen molar-refractivity contribution in [2.45, 2.75) is 30.8 Å². The highest BCUT2D eigenvalue weighted by atomic mass is 32.2. The van der Waals surface area contributed by atoms with Gasteiger partial charge in [0.15, 0.2) is 0 Å². The summed E-state index contributed by atoms with van der Waals surface area (Å²) in [5, 5.41) is 5.54. The number of amides is 1. The minimum atomic E-state index is -4.21. The van der Waals surface area contributed by atoms with Crippen LogP contribution in [0.4, 0.5) is 13.2 Å². The molecule has 1 heterocycles. The van der Waals surface area contributed by atoms with Crippen molar-refractivity contribution in [3.63, 3.8) is 0 Å². The lowest BCUT2D eigenvalue weighted by Gasteiger charge is -2.22. The summed E-state index contributed by atoms with van der Waals surface area (Å²) >= 11 is -0.113. The lowest BCUT2D eigenvalue weighted by atomic mass is 10.0. The van der Waals surface area contributed by atoms with Gasteiger partial charge in [0.05, 0.1) is 6.04 Å². The van der Waals surface area contributed by atoms with E-state index < -0.39 is 5.51 Å². The topological polar surface area (TPSA) is 41.1 Å². The Hall–Kier alpha value is -0.430. The largest absolute Gasteiger partial charge is 0.441 e. The Labute approximate surface area is 96.5 Å². The highest BCUT2D eigenvalue weighted by Crippen LogP contribution is 2.29. The molecule has 0 aliphatic carbocycles. The third kappa shape index (κ3) is 5.60. The molecule has 0 aromatic carbocycles. The van der Waals surface area contributed by atoms with Gasteiger partial charge >= 0.3 is 5.51 Å². The van der Waals surface area contributed by atoms with E-state index in [1.165, 1.54) is 0 Å². The molecule has 0 saturated carbocycles. The highest BCUT2D eigenvalue weighted by Gasteiger charge is 2.27. The summed E-state index contributed by atoms with van der Waals surface area (Å²) in [4.78, 5) is 11.5. The second kappa shape index (κ2) is 6.34. The number of halogens is 3. The number of piperidine rings is 1. The maximum Gasteiger partial charge on any atom is 0.441 e. The third-order valence-corrected chi connectivity index (χ3v) is 3.03. The van der Waals surface area contributed by atoms with E-state index in [9.17, 15) is 18.0 Å². The standard InChI is InChI=1S/C9H15F3N2OS/c10-9(11,12)16-6-5-14-8(15)7-3-1-2-4-13-7/h7,13H,1-6H2,(H,14,15)/t7-/m0/s1. The summed E-state index contributed by atoms with van der Waals surface area (Å²) < 4.78 is 35.3. The van der Waals surface area contributed by atoms with E-state index in [1.54, 1.807) is 0 Å². The minimum Gasteiger partial charge on any atom is -0.354 e. The molecular weight excluding hydrogens is 241 g/mol. The van der Waals surface area contributed by atoms with Gasteiger partial charge in [0.1, 0.15) is 0 Å². The van der Waals surface area contributed by atoms with Crippen molar-refractivity contribution in [1.82, 2.24) is 10.6 Å². The number of nitrogens with one attached hydrogen (secondary N) is 2. The quantitative estimate of drug-likeness (QED) is 0.749. The summed E-state index contributed by atoms with van der Waals surface area (Å²) in [5.41, 5.74) is -4.21. The number of rotatable bonds is 4. The van der Waals surface area contributed by atoms with Gasteiger partial charge in [0.25, 0.3) is 0 Å². The molecule has 16 heavy (non-hydrogen) atoms. The van der Waals surface area contributed by atoms with E-state index in [-0.39, 0.29) is 36.0 Å². The highest BCUT2D eigenvalue weighted by molar-refractivity contribution is 8.00. The Bertz CT molecular complexity index is 229. The van der Waals surface area contributed by atoms with Crippen LogP contribution < -0.4 is 10.6 Å². The van der Waals surface area contributed by atoms with E-state index in [0.29, 0.717) is 0 Å². The lowest BCUT2D eigenvalue weighted by molar-refractivity contribution is -0.123. The molecule has 0 aromatic heterocycles. The summed E-state index contributed by atoms with van der Waals surface area (Å²) in [6.07, 6.45) is 2.80. The number of hydrogen-bond donors (Lipinski definition) is 2. The van der Waals surface area contributed by atoms with Gasteiger partial charge in [-0.1, -0.05) is 6.42 Å². The van der Waals surface area contributed by atoms with Crippen LogP contribution in [0.2, 0.25) is 0 Å². The third-order valence-electron chi connectivity index (χ3n) is 2.29. The second-order valence-electron chi connectivity index (χ2n) is 3.59. The monoisotopic (exact) mass is 256 g/mol. The maximum atomic E-state index is 11.8. The fourth-order valence-corrected chi connectivity index (χ4v) is 1.98. The molecule has 1 aliphatic heterocycles. The van der Waals surface area contributed by atoms with Crippen molar-refractivity contribution in [3.05, 3.63) is 0 Å². The van der Waals surface area contributed by atoms with Crippen LogP contribution in [0.1, 0.15) is 19.3 Å². The molecule has 1 amide bonds. The average Bonchev–Trinajstić information content (AvgIpc) is 2.24. The zero-order valence-corrected chi connectivity index (χ0v) is 9.59. The first kappa shape index (κ1) is 13.6. The first-order valence-corrected chi connectivity index (χ1v) is 6.19. The van der Waals surface area contributed by atoms with Crippen LogP contribution in [0.5, 0.6) is 0 Å². The molecule has 0 radical (unpaired) electrons. The smallest absolute Gasteiger partial charge is 0.354 e. The van der Waals surface area contributed by atoms with Crippen molar-refractivity contribution >= 4 is 17.7 Å². The van der Waals surface area contributed by atoms with E-state index in [2.05, 4.69) is 10.6 Å². The van der Waals surface area contributed by atoms with Crippen LogP contribution in [0, 0.1) is 0 Å². The van der Waals surface area contributed by atoms with Gasteiger partial charge in [-0.25, -0.2) is 0 Å². The molecule has 1 rings (SSSR count). The Morgan fingerprint density at radius 3 is 2.75 bits per heavy atom. The normalized spacial score (nSPS) is 21.8. The number of thioether (sulfide) groups is 1. The number of alkyl halides is 3. The van der Waals surface area contributed by atoms with Crippen molar-refractivity contribution in [2.24, 2.45) is 0 Å². The number of carbonyl (C=O) groups is 1. The fourth-order valence-electron chi connectivity index (χ4n) is 1.54. The molecule has 1 atom stereocenters. The minimum absolute atomic E-state index is 0.0567. The fraction of sp³-hybridized carbons (Fsp3) is 0.889. The first-order valence-electron chi connectivity index (χ1n) is 5.21. The Morgan fingerprint density at radius 1 is 1.44 bits per heavy atom. The Morgan fingerprint density at radius 2 is 2.19 bits per heavy atom. The van der Waals surface area contributed by atoms with Crippen molar-refractivity contribution < 1.29 is 18.0 Å². The second-order valence-corrected chi connectivity index (χ2v) is 4.75. The van der Waals surface area contributed by atoms with Crippen molar-refractivity contribution in [2.75, 3.05) is 18.8 Å². The van der Waals surface area contributed by atoms with Crippen molar-refractivity contribution in [3.8, 4) is 0 Å². The van der Waals surface area contributed by atoms with Crippen LogP contribution >= 0.6 is 11.8 Å². The van der Waals surface area contributed by atoms with Crippen molar-refractivity contribution in [1.29, 1.82) is 0 Å². The molecule has 1 aliphatic rings. The molecule has 1 saturated heterocycles. The van der Waals surface area contributed by atoms with E-state index in [4.69, 9.17) is 0 Å². The van der Waals surface area contributed by atoms with E-state index in [1.807, 2.05) is 0 Å². The van der Waals surface area contributed by atoms with Gasteiger partial charge in [0, 0.05) is 12.3 Å². The van der Waals surface area contributed by atoms with Crippen LogP contribution in [0.3, 0.4) is 0 Å². The predicted molar refractivity (Wildman–Crippen MR) is 57.2 cm³/mol. The zero-order valence-electron chi connectivity index (χ0n) is 8.77. The van der Waals surface area contributed by atoms with Gasteiger partial charge in [-0.05, 0) is 31.1 Å². The predicted octanol–water partition coefficient (Wildman–Crippen LogP) is 1.50. The summed E-state index contributed by atoms with van der Waals surface area (Å²) in [6.45, 7) is 0.858. The number of hydrogen-bond acceptors (Lipinski definition) is 3. The van der Waals surface area contributed by atoms with Crippen LogP contribution in [0.25, 0.3) is 0 Å². The molecule has 0 aromatic rings. The Kier molecular flexibility index (Phi) is 5.40. The lowest BCUT2D eigenvalue weighted by Crippen LogP contribution is -2.47. The average molecular weight is 256 g/mol. The summed E-state index contributed by atoms with van der Waals surface area (Å²) in [7, 11) is 0. The SMILES string of the molecule is O=C(NCCSC(F)(F)F)[C@@H]1CCCCN1. The van der Waals surface area contributed by atoms with Gasteiger partial charge in [-0.2, -0.15) is 13.2 Å². The van der Waals surface area contributed by atoms with Gasteiger partial charge in [0.2, 0.25) is 5.91 Å². The first-order chi connectivity index (χ1) is 7.49. The molecule has 94 valence electrons. The molecule has 0 bridgehead atoms. The molecule has 0 spiro atoms. The van der Waals surface area contributed by atoms with Gasteiger partial charge in [-0.3, -0.25) is 4.79 Å². The van der Waals surface area contributed by atoms with Gasteiger partial charge < -0.3 is 10.6 Å². The van der Waals surface area contributed by atoms with Crippen LogP contribution in [-0.2, 0) is 4.79 Å². The number of carbonyl (C=O) groups excluding carboxylic acids is 1. The molecular formula is C9H15F3N2OS. The molecule has 1 fully saturated rings. The van der Waals surface area contributed by atoms with E-state index >= 15 is 0 Å². The molecule has 7 heteroatoms. The summed E-state index contributed by atoms with van der Waals surface area (Å²) in [6, 6.07) is -0.232. The zero-order chi connectivity index (χ0) is 12.0. The molecule has 0 unspecified atom stereocenters. The van der Waals surface area contributed by atoms with E-state index in [0.717, 1.165) is 25.8 Å². The van der Waals surface area contributed by atoms with Crippen LogP contribution in [-0.4, -0.2) is 36.3 Å².